The first-order valence-electron chi connectivity index (χ1n) is 13.1. The molecule has 1 aliphatic rings. The standard InChI is InChI=1S/C31H28F3N3O4/c1-20-17-37(19-35-20)26-13-12-21(16-28(26)40-2)15-25-27(41-30(39)31(32,33)34)11-6-14-36(29(25)38)18-23-9-5-8-22-7-3-4-10-24(22)23/h3-5,7-10,12-13,15-17,19,27H,6,11,14,18H2,1-2H3/b25-15-. The molecule has 2 heterocycles. The van der Waals surface area contributed by atoms with Crippen LogP contribution >= 0.6 is 0 Å². The summed E-state index contributed by atoms with van der Waals surface area (Å²) in [7, 11) is 1.50. The van der Waals surface area contributed by atoms with Gasteiger partial charge in [-0.3, -0.25) is 4.79 Å². The van der Waals surface area contributed by atoms with E-state index in [1.165, 1.54) is 13.2 Å². The van der Waals surface area contributed by atoms with E-state index in [9.17, 15) is 22.8 Å². The number of rotatable bonds is 6. The number of hydrogen-bond acceptors (Lipinski definition) is 5. The quantitative estimate of drug-likeness (QED) is 0.212. The SMILES string of the molecule is COc1cc(/C=C2\C(=O)N(Cc3cccc4ccccc34)CCCC2OC(=O)C(F)(F)F)ccc1-n1cnc(C)c1. The number of fused-ring (bicyclic) bond motifs is 1. The Balaban J connectivity index is 1.53. The molecule has 1 atom stereocenters. The number of benzene rings is 3. The minimum atomic E-state index is -5.18. The van der Waals surface area contributed by atoms with Gasteiger partial charge in [-0.15, -0.1) is 0 Å². The molecule has 0 radical (unpaired) electrons. The molecule has 0 spiro atoms. The lowest BCUT2D eigenvalue weighted by atomic mass is 10.0. The van der Waals surface area contributed by atoms with Crippen LogP contribution < -0.4 is 4.74 Å². The number of esters is 1. The highest BCUT2D eigenvalue weighted by atomic mass is 19.4. The van der Waals surface area contributed by atoms with Crippen molar-refractivity contribution in [3.05, 3.63) is 95.6 Å². The first-order chi connectivity index (χ1) is 19.6. The Hall–Kier alpha value is -4.60. The maximum absolute atomic E-state index is 13.9. The third-order valence-corrected chi connectivity index (χ3v) is 7.01. The monoisotopic (exact) mass is 563 g/mol. The average Bonchev–Trinajstić information content (AvgIpc) is 3.34. The zero-order valence-electron chi connectivity index (χ0n) is 22.5. The third kappa shape index (κ3) is 6.11. The highest BCUT2D eigenvalue weighted by molar-refractivity contribution is 6.00. The van der Waals surface area contributed by atoms with Gasteiger partial charge in [0.1, 0.15) is 11.9 Å². The van der Waals surface area contributed by atoms with Gasteiger partial charge in [-0.05, 0) is 59.9 Å². The van der Waals surface area contributed by atoms with Crippen LogP contribution in [0.2, 0.25) is 0 Å². The third-order valence-electron chi connectivity index (χ3n) is 7.01. The molecule has 3 aromatic carbocycles. The van der Waals surface area contributed by atoms with Crippen LogP contribution in [0.1, 0.15) is 29.7 Å². The van der Waals surface area contributed by atoms with Gasteiger partial charge in [-0.1, -0.05) is 48.5 Å². The molecule has 5 rings (SSSR count). The van der Waals surface area contributed by atoms with E-state index in [0.29, 0.717) is 30.0 Å². The Labute approximate surface area is 234 Å². The Morgan fingerprint density at radius 3 is 2.63 bits per heavy atom. The number of methoxy groups -OCH3 is 1. The van der Waals surface area contributed by atoms with Gasteiger partial charge in [0.15, 0.2) is 0 Å². The van der Waals surface area contributed by atoms with Crippen LogP contribution in [0.15, 0.2) is 78.8 Å². The smallest absolute Gasteiger partial charge is 0.490 e. The van der Waals surface area contributed by atoms with Gasteiger partial charge in [-0.25, -0.2) is 9.78 Å². The summed E-state index contributed by atoms with van der Waals surface area (Å²) in [4.78, 5) is 31.6. The van der Waals surface area contributed by atoms with E-state index < -0.39 is 24.2 Å². The summed E-state index contributed by atoms with van der Waals surface area (Å²) >= 11 is 0. The normalized spacial score (nSPS) is 17.1. The molecular weight excluding hydrogens is 535 g/mol. The fourth-order valence-corrected chi connectivity index (χ4v) is 5.03. The summed E-state index contributed by atoms with van der Waals surface area (Å²) in [6, 6.07) is 18.7. The number of likely N-dealkylation sites (tertiary alicyclic amines) is 1. The van der Waals surface area contributed by atoms with Gasteiger partial charge in [-0.2, -0.15) is 13.2 Å². The van der Waals surface area contributed by atoms with Gasteiger partial charge < -0.3 is 18.9 Å². The summed E-state index contributed by atoms with van der Waals surface area (Å²) in [5.41, 5.74) is 2.88. The molecule has 0 aliphatic carbocycles. The number of carbonyl (C=O) groups is 2. The van der Waals surface area contributed by atoms with Crippen molar-refractivity contribution in [2.45, 2.75) is 38.6 Å². The molecule has 0 saturated carbocycles. The Kier molecular flexibility index (Phi) is 7.83. The molecule has 1 aliphatic heterocycles. The van der Waals surface area contributed by atoms with Crippen molar-refractivity contribution >= 4 is 28.7 Å². The van der Waals surface area contributed by atoms with E-state index in [1.807, 2.05) is 55.6 Å². The number of hydrogen-bond donors (Lipinski definition) is 0. The number of imidazole rings is 1. The second-order valence-corrected chi connectivity index (χ2v) is 9.85. The summed E-state index contributed by atoms with van der Waals surface area (Å²) in [6.07, 6.45) is -1.20. The first kappa shape index (κ1) is 27.9. The van der Waals surface area contributed by atoms with Gasteiger partial charge >= 0.3 is 12.1 Å². The van der Waals surface area contributed by atoms with Crippen LogP contribution in [0, 0.1) is 6.92 Å². The number of nitrogens with zero attached hydrogens (tertiary/aromatic N) is 3. The summed E-state index contributed by atoms with van der Waals surface area (Å²) in [5.74, 6) is -2.36. The molecule has 1 fully saturated rings. The van der Waals surface area contributed by atoms with Crippen LogP contribution in [0.25, 0.3) is 22.5 Å². The molecular formula is C31H28F3N3O4. The molecule has 4 aromatic rings. The van der Waals surface area contributed by atoms with E-state index in [-0.39, 0.29) is 18.5 Å². The van der Waals surface area contributed by atoms with E-state index in [2.05, 4.69) is 4.98 Å². The molecule has 10 heteroatoms. The van der Waals surface area contributed by atoms with Crippen molar-refractivity contribution in [1.29, 1.82) is 0 Å². The Morgan fingerprint density at radius 1 is 1.12 bits per heavy atom. The lowest BCUT2D eigenvalue weighted by Gasteiger charge is -2.24. The van der Waals surface area contributed by atoms with E-state index >= 15 is 0 Å². The van der Waals surface area contributed by atoms with E-state index in [1.54, 1.807) is 34.0 Å². The topological polar surface area (TPSA) is 73.7 Å². The Bertz CT molecular complexity index is 1620. The number of alkyl halides is 3. The van der Waals surface area contributed by atoms with Crippen LogP contribution in [0.4, 0.5) is 13.2 Å². The number of aromatic nitrogens is 2. The summed E-state index contributed by atoms with van der Waals surface area (Å²) in [6.45, 7) is 2.40. The molecule has 212 valence electrons. The highest BCUT2D eigenvalue weighted by Crippen LogP contribution is 2.31. The second-order valence-electron chi connectivity index (χ2n) is 9.85. The van der Waals surface area contributed by atoms with Crippen molar-refractivity contribution in [3.63, 3.8) is 0 Å². The summed E-state index contributed by atoms with van der Waals surface area (Å²) in [5, 5.41) is 1.99. The van der Waals surface area contributed by atoms with Gasteiger partial charge in [0, 0.05) is 19.3 Å². The maximum atomic E-state index is 13.9. The number of amides is 1. The van der Waals surface area contributed by atoms with E-state index in [4.69, 9.17) is 9.47 Å². The van der Waals surface area contributed by atoms with E-state index in [0.717, 1.165) is 22.0 Å². The van der Waals surface area contributed by atoms with Crippen LogP contribution in [-0.2, 0) is 20.9 Å². The maximum Gasteiger partial charge on any atom is 0.490 e. The largest absolute Gasteiger partial charge is 0.495 e. The molecule has 0 bridgehead atoms. The minimum Gasteiger partial charge on any atom is -0.495 e. The van der Waals surface area contributed by atoms with Crippen LogP contribution in [0.3, 0.4) is 0 Å². The lowest BCUT2D eigenvalue weighted by molar-refractivity contribution is -0.203. The Morgan fingerprint density at radius 2 is 1.90 bits per heavy atom. The van der Waals surface area contributed by atoms with Crippen LogP contribution in [0.5, 0.6) is 5.75 Å². The molecule has 1 saturated heterocycles. The van der Waals surface area contributed by atoms with Gasteiger partial charge in [0.2, 0.25) is 0 Å². The van der Waals surface area contributed by atoms with Crippen molar-refractivity contribution < 1.29 is 32.2 Å². The molecule has 41 heavy (non-hydrogen) atoms. The number of ether oxygens (including phenoxy) is 2. The number of aryl methyl sites for hydroxylation is 1. The summed E-state index contributed by atoms with van der Waals surface area (Å²) < 4.78 is 51.7. The average molecular weight is 564 g/mol. The fraction of sp³-hybridized carbons (Fsp3) is 0.258. The molecule has 1 unspecified atom stereocenters. The predicted octanol–water partition coefficient (Wildman–Crippen LogP) is 6.02. The molecule has 1 aromatic heterocycles. The van der Waals surface area contributed by atoms with Crippen molar-refractivity contribution in [2.75, 3.05) is 13.7 Å². The van der Waals surface area contributed by atoms with Gasteiger partial charge in [0.25, 0.3) is 5.91 Å². The van der Waals surface area contributed by atoms with Crippen molar-refractivity contribution in [3.8, 4) is 11.4 Å². The van der Waals surface area contributed by atoms with Crippen molar-refractivity contribution in [2.24, 2.45) is 0 Å². The lowest BCUT2D eigenvalue weighted by Crippen LogP contribution is -2.35. The second kappa shape index (κ2) is 11.5. The highest BCUT2D eigenvalue weighted by Gasteiger charge is 2.44. The number of halogens is 3. The van der Waals surface area contributed by atoms with Crippen molar-refractivity contribution in [1.82, 2.24) is 14.5 Å². The van der Waals surface area contributed by atoms with Crippen LogP contribution in [-0.4, -0.2) is 52.3 Å². The minimum absolute atomic E-state index is 0.0337. The van der Waals surface area contributed by atoms with Gasteiger partial charge in [0.05, 0.1) is 30.4 Å². The molecule has 0 N–H and O–H groups in total. The number of carbonyl (C=O) groups excluding carboxylic acids is 2. The zero-order chi connectivity index (χ0) is 29.1. The molecule has 7 nitrogen and oxygen atoms in total. The first-order valence-corrected chi connectivity index (χ1v) is 13.1. The zero-order valence-corrected chi connectivity index (χ0v) is 22.5. The molecule has 1 amide bonds. The fourth-order valence-electron chi connectivity index (χ4n) is 5.03. The predicted molar refractivity (Wildman–Crippen MR) is 147 cm³/mol.